The summed E-state index contributed by atoms with van der Waals surface area (Å²) in [5.41, 5.74) is 4.81. The number of hydrogen-bond acceptors (Lipinski definition) is 1. The van der Waals surface area contributed by atoms with E-state index in [1.165, 1.54) is 0 Å². The number of para-hydroxylation sites is 1. The predicted octanol–water partition coefficient (Wildman–Crippen LogP) is 14.4. The monoisotopic (exact) mass is 654 g/mol. The molecule has 0 aliphatic rings. The highest BCUT2D eigenvalue weighted by Crippen LogP contribution is 2.48. The molecule has 0 fully saturated rings. The van der Waals surface area contributed by atoms with Crippen molar-refractivity contribution in [3.05, 3.63) is 182 Å². The van der Waals surface area contributed by atoms with E-state index in [4.69, 9.17) is 9.90 Å². The Morgan fingerprint density at radius 2 is 0.882 bits per heavy atom. The van der Waals surface area contributed by atoms with E-state index in [1.807, 2.05) is 103 Å². The molecule has 0 aliphatic heterocycles. The lowest BCUT2D eigenvalue weighted by Crippen LogP contribution is -1.93. The Hall–Kier alpha value is -6.70. The van der Waals surface area contributed by atoms with E-state index >= 15 is 0 Å². The van der Waals surface area contributed by atoms with E-state index in [0.29, 0.717) is 27.8 Å². The smallest absolute Gasteiger partial charge is 0.143 e. The minimum Gasteiger partial charge on any atom is -0.455 e. The largest absolute Gasteiger partial charge is 0.455 e. The fraction of sp³-hybridized carbons (Fsp3) is 0. The van der Waals surface area contributed by atoms with E-state index in [-0.39, 0.29) is 45.7 Å². The number of benzene rings is 10. The molecule has 10 aromatic carbocycles. The third-order valence-corrected chi connectivity index (χ3v) is 10.3. The van der Waals surface area contributed by atoms with Gasteiger partial charge in [0, 0.05) is 16.3 Å². The molecule has 1 heterocycles. The summed E-state index contributed by atoms with van der Waals surface area (Å²) in [7, 11) is 0. The third kappa shape index (κ3) is 4.16. The minimum absolute atomic E-state index is 0.173. The first-order chi connectivity index (χ1) is 28.6. The van der Waals surface area contributed by atoms with Gasteiger partial charge in [0.2, 0.25) is 0 Å². The molecule has 0 aliphatic carbocycles. The Balaban J connectivity index is 1.35. The van der Waals surface area contributed by atoms with Crippen LogP contribution in [0.25, 0.3) is 109 Å². The second kappa shape index (κ2) is 10.9. The molecule has 0 bridgehead atoms. The summed E-state index contributed by atoms with van der Waals surface area (Å²) in [6, 6.07) is 40.5. The maximum Gasteiger partial charge on any atom is 0.143 e. The highest BCUT2D eigenvalue weighted by atomic mass is 16.3. The standard InChI is InChI=1S/C50H30O/c1-4-17-35-31(13-1)16-11-25-39(35)47-40-20-7-9-22-42(40)48(43-23-10-8-21-41(43)47)45-30-34(29-33-15-3-5-18-36(33)45)38-24-12-26-44-49-37-19-6-2-14-32(37)27-28-46(49)51-50(38)44/h1-30H/i7D,8D,9D,10D,20D,21D,22D,23D. The van der Waals surface area contributed by atoms with Gasteiger partial charge in [0.05, 0.1) is 11.0 Å². The third-order valence-electron chi connectivity index (χ3n) is 10.3. The average molecular weight is 655 g/mol. The van der Waals surface area contributed by atoms with Crippen molar-refractivity contribution in [2.75, 3.05) is 0 Å². The zero-order valence-electron chi connectivity index (χ0n) is 35.1. The van der Waals surface area contributed by atoms with Crippen molar-refractivity contribution in [1.82, 2.24) is 0 Å². The van der Waals surface area contributed by atoms with Gasteiger partial charge in [-0.3, -0.25) is 0 Å². The van der Waals surface area contributed by atoms with E-state index < -0.39 is 24.2 Å². The summed E-state index contributed by atoms with van der Waals surface area (Å²) in [5.74, 6) is 0. The van der Waals surface area contributed by atoms with Crippen molar-refractivity contribution in [3.8, 4) is 33.4 Å². The summed E-state index contributed by atoms with van der Waals surface area (Å²) in [4.78, 5) is 0. The Morgan fingerprint density at radius 3 is 1.59 bits per heavy atom. The van der Waals surface area contributed by atoms with E-state index in [2.05, 4.69) is 30.3 Å². The van der Waals surface area contributed by atoms with Gasteiger partial charge in [-0.1, -0.05) is 164 Å². The first kappa shape index (κ1) is 21.4. The van der Waals surface area contributed by atoms with Crippen molar-refractivity contribution >= 4 is 75.8 Å². The lowest BCUT2D eigenvalue weighted by molar-refractivity contribution is 0.670. The quantitative estimate of drug-likeness (QED) is 0.173. The first-order valence-corrected chi connectivity index (χ1v) is 16.9. The van der Waals surface area contributed by atoms with Crippen LogP contribution in [0.1, 0.15) is 11.0 Å². The number of furan rings is 1. The topological polar surface area (TPSA) is 13.1 Å². The van der Waals surface area contributed by atoms with Crippen LogP contribution in [-0.4, -0.2) is 0 Å². The van der Waals surface area contributed by atoms with Crippen LogP contribution in [0.2, 0.25) is 0 Å². The highest BCUT2D eigenvalue weighted by Gasteiger charge is 2.21. The zero-order valence-corrected chi connectivity index (χ0v) is 27.1. The summed E-state index contributed by atoms with van der Waals surface area (Å²) >= 11 is 0. The van der Waals surface area contributed by atoms with E-state index in [0.717, 1.165) is 59.8 Å². The van der Waals surface area contributed by atoms with Gasteiger partial charge in [0.15, 0.2) is 0 Å². The van der Waals surface area contributed by atoms with E-state index in [9.17, 15) is 5.48 Å². The van der Waals surface area contributed by atoms with Gasteiger partial charge in [-0.05, 0) is 99.9 Å². The molecule has 0 atom stereocenters. The molecule has 0 unspecified atom stereocenters. The van der Waals surface area contributed by atoms with Crippen molar-refractivity contribution in [3.63, 3.8) is 0 Å². The lowest BCUT2D eigenvalue weighted by atomic mass is 9.83. The second-order valence-electron chi connectivity index (χ2n) is 13.0. The Morgan fingerprint density at radius 1 is 0.373 bits per heavy atom. The molecule has 51 heavy (non-hydrogen) atoms. The predicted molar refractivity (Wildman–Crippen MR) is 218 cm³/mol. The molecule has 236 valence electrons. The Kier molecular flexibility index (Phi) is 4.57. The summed E-state index contributed by atoms with van der Waals surface area (Å²) < 4.78 is 80.8. The van der Waals surface area contributed by atoms with Crippen LogP contribution in [-0.2, 0) is 0 Å². The highest BCUT2D eigenvalue weighted by molar-refractivity contribution is 6.26. The first-order valence-electron chi connectivity index (χ1n) is 20.9. The molecular formula is C50H30O. The Labute approximate surface area is 305 Å². The lowest BCUT2D eigenvalue weighted by Gasteiger charge is -2.20. The molecule has 0 saturated heterocycles. The van der Waals surface area contributed by atoms with Gasteiger partial charge in [-0.2, -0.15) is 0 Å². The molecule has 11 aromatic rings. The SMILES string of the molecule is [2H]c1c([2H])c([2H])c2c(-c3cc(-c4cccc5c4oc4ccc6ccccc6c45)cc4ccccc34)c3c([2H])c([2H])c([2H])c([2H])c3c(-c3cccc4ccccc34)c2c1[2H]. The minimum atomic E-state index is -0.437. The molecule has 1 nitrogen and oxygen atoms in total. The number of rotatable bonds is 3. The van der Waals surface area contributed by atoms with Crippen LogP contribution in [0.3, 0.4) is 0 Å². The molecule has 0 N–H and O–H groups in total. The molecule has 11 rings (SSSR count). The van der Waals surface area contributed by atoms with Gasteiger partial charge < -0.3 is 4.42 Å². The van der Waals surface area contributed by atoms with Crippen LogP contribution in [0, 0.1) is 0 Å². The summed E-state index contributed by atoms with van der Waals surface area (Å²) in [6.45, 7) is 0. The fourth-order valence-corrected chi connectivity index (χ4v) is 8.08. The molecule has 1 aromatic heterocycles. The number of hydrogen-bond donors (Lipinski definition) is 0. The van der Waals surface area contributed by atoms with Crippen LogP contribution in [0.15, 0.2) is 186 Å². The molecule has 0 spiro atoms. The second-order valence-corrected chi connectivity index (χ2v) is 13.0. The van der Waals surface area contributed by atoms with Crippen molar-refractivity contribution in [2.45, 2.75) is 0 Å². The zero-order chi connectivity index (χ0) is 40.4. The average Bonchev–Trinajstić information content (AvgIpc) is 3.67. The van der Waals surface area contributed by atoms with Crippen LogP contribution in [0.4, 0.5) is 0 Å². The van der Waals surface area contributed by atoms with Gasteiger partial charge in [0.1, 0.15) is 11.2 Å². The van der Waals surface area contributed by atoms with Crippen LogP contribution in [0.5, 0.6) is 0 Å². The molecule has 0 saturated carbocycles. The van der Waals surface area contributed by atoms with Gasteiger partial charge in [0.25, 0.3) is 0 Å². The summed E-state index contributed by atoms with van der Waals surface area (Å²) in [5, 5.41) is 8.08. The molecule has 1 heteroatoms. The van der Waals surface area contributed by atoms with Gasteiger partial charge in [-0.15, -0.1) is 0 Å². The van der Waals surface area contributed by atoms with Crippen LogP contribution < -0.4 is 0 Å². The van der Waals surface area contributed by atoms with Crippen LogP contribution >= 0.6 is 0 Å². The number of fused-ring (bicyclic) bond motifs is 9. The maximum atomic E-state index is 9.60. The Bertz CT molecular complexity index is 3580. The van der Waals surface area contributed by atoms with Crippen molar-refractivity contribution < 1.29 is 15.4 Å². The van der Waals surface area contributed by atoms with E-state index in [1.54, 1.807) is 0 Å². The summed E-state index contributed by atoms with van der Waals surface area (Å²) in [6.07, 6.45) is 0. The molecular weight excluding hydrogens is 617 g/mol. The van der Waals surface area contributed by atoms with Crippen molar-refractivity contribution in [2.24, 2.45) is 0 Å². The normalized spacial score (nSPS) is 14.1. The maximum absolute atomic E-state index is 9.60. The molecule has 0 amide bonds. The fourth-order valence-electron chi connectivity index (χ4n) is 8.08. The van der Waals surface area contributed by atoms with Gasteiger partial charge >= 0.3 is 0 Å². The van der Waals surface area contributed by atoms with Crippen molar-refractivity contribution in [1.29, 1.82) is 0 Å². The van der Waals surface area contributed by atoms with Gasteiger partial charge in [-0.25, -0.2) is 0 Å². The molecule has 0 radical (unpaired) electrons.